The van der Waals surface area contributed by atoms with Crippen molar-refractivity contribution in [2.75, 3.05) is 5.32 Å². The first-order valence-electron chi connectivity index (χ1n) is 5.78. The van der Waals surface area contributed by atoms with Crippen LogP contribution >= 0.6 is 0 Å². The van der Waals surface area contributed by atoms with Gasteiger partial charge in [-0.15, -0.1) is 0 Å². The molecular weight excluding hydrogens is 202 g/mol. The van der Waals surface area contributed by atoms with Crippen molar-refractivity contribution >= 4 is 11.6 Å². The van der Waals surface area contributed by atoms with Crippen LogP contribution in [0.25, 0.3) is 0 Å². The summed E-state index contributed by atoms with van der Waals surface area (Å²) >= 11 is 0. The number of anilines is 1. The molecule has 4 nitrogen and oxygen atoms in total. The van der Waals surface area contributed by atoms with Gasteiger partial charge in [0, 0.05) is 18.7 Å². The van der Waals surface area contributed by atoms with Crippen LogP contribution in [0.15, 0.2) is 24.5 Å². The summed E-state index contributed by atoms with van der Waals surface area (Å²) in [4.78, 5) is 11.9. The minimum Gasteiger partial charge on any atom is -0.323 e. The highest BCUT2D eigenvalue weighted by Gasteiger charge is 2.18. The van der Waals surface area contributed by atoms with E-state index in [-0.39, 0.29) is 11.8 Å². The Hall–Kier alpha value is -1.58. The molecule has 86 valence electrons. The van der Waals surface area contributed by atoms with Crippen LogP contribution in [0.3, 0.4) is 0 Å². The monoisotopic (exact) mass is 219 g/mol. The Morgan fingerprint density at radius 3 is 3.12 bits per heavy atom. The van der Waals surface area contributed by atoms with Gasteiger partial charge in [0.1, 0.15) is 0 Å². The predicted molar refractivity (Wildman–Crippen MR) is 63.0 cm³/mol. The highest BCUT2D eigenvalue weighted by Crippen LogP contribution is 2.19. The van der Waals surface area contributed by atoms with E-state index in [2.05, 4.69) is 22.6 Å². The zero-order valence-electron chi connectivity index (χ0n) is 9.52. The summed E-state index contributed by atoms with van der Waals surface area (Å²) in [6.07, 6.45) is 10.6. The fourth-order valence-corrected chi connectivity index (χ4v) is 1.88. The van der Waals surface area contributed by atoms with Crippen LogP contribution in [-0.2, 0) is 11.3 Å². The van der Waals surface area contributed by atoms with E-state index < -0.39 is 0 Å². The van der Waals surface area contributed by atoms with Crippen LogP contribution in [0.2, 0.25) is 0 Å². The van der Waals surface area contributed by atoms with E-state index in [1.165, 1.54) is 0 Å². The van der Waals surface area contributed by atoms with Crippen LogP contribution in [0.5, 0.6) is 0 Å². The first-order valence-corrected chi connectivity index (χ1v) is 5.78. The minimum absolute atomic E-state index is 0.111. The molecule has 1 atom stereocenters. The number of amides is 1. The van der Waals surface area contributed by atoms with Crippen LogP contribution in [-0.4, -0.2) is 15.7 Å². The zero-order chi connectivity index (χ0) is 11.4. The van der Waals surface area contributed by atoms with Gasteiger partial charge >= 0.3 is 0 Å². The first-order chi connectivity index (χ1) is 7.79. The van der Waals surface area contributed by atoms with Gasteiger partial charge in [-0.2, -0.15) is 5.10 Å². The second-order valence-corrected chi connectivity index (χ2v) is 4.06. The van der Waals surface area contributed by atoms with Crippen molar-refractivity contribution in [2.45, 2.75) is 32.7 Å². The van der Waals surface area contributed by atoms with Crippen molar-refractivity contribution in [3.05, 3.63) is 24.5 Å². The van der Waals surface area contributed by atoms with Crippen LogP contribution in [0, 0.1) is 5.92 Å². The molecule has 0 aromatic carbocycles. The second-order valence-electron chi connectivity index (χ2n) is 4.06. The fourth-order valence-electron chi connectivity index (χ4n) is 1.88. The SMILES string of the molecule is CCn1cc(NC(=O)C2CC=CCC2)cn1. The molecule has 0 radical (unpaired) electrons. The average Bonchev–Trinajstić information content (AvgIpc) is 2.78. The quantitative estimate of drug-likeness (QED) is 0.792. The van der Waals surface area contributed by atoms with E-state index in [9.17, 15) is 4.79 Å². The number of hydrogen-bond donors (Lipinski definition) is 1. The van der Waals surface area contributed by atoms with Crippen LogP contribution in [0.1, 0.15) is 26.2 Å². The third-order valence-electron chi connectivity index (χ3n) is 2.86. The van der Waals surface area contributed by atoms with E-state index in [4.69, 9.17) is 0 Å². The van der Waals surface area contributed by atoms with Gasteiger partial charge in [0.25, 0.3) is 0 Å². The topological polar surface area (TPSA) is 46.9 Å². The van der Waals surface area contributed by atoms with E-state index in [1.807, 2.05) is 13.1 Å². The summed E-state index contributed by atoms with van der Waals surface area (Å²) < 4.78 is 1.80. The Balaban J connectivity index is 1.93. The number of nitrogens with one attached hydrogen (secondary N) is 1. The molecule has 1 heterocycles. The summed E-state index contributed by atoms with van der Waals surface area (Å²) in [5, 5.41) is 7.03. The third-order valence-corrected chi connectivity index (χ3v) is 2.86. The number of aryl methyl sites for hydroxylation is 1. The molecule has 0 bridgehead atoms. The minimum atomic E-state index is 0.111. The van der Waals surface area contributed by atoms with Gasteiger partial charge in [0.2, 0.25) is 5.91 Å². The van der Waals surface area contributed by atoms with Crippen molar-refractivity contribution in [3.8, 4) is 0 Å². The van der Waals surface area contributed by atoms with E-state index in [1.54, 1.807) is 10.9 Å². The maximum Gasteiger partial charge on any atom is 0.227 e. The average molecular weight is 219 g/mol. The molecule has 1 aliphatic rings. The van der Waals surface area contributed by atoms with Gasteiger partial charge < -0.3 is 5.32 Å². The number of rotatable bonds is 3. The lowest BCUT2D eigenvalue weighted by Gasteiger charge is -2.16. The summed E-state index contributed by atoms with van der Waals surface area (Å²) in [5.41, 5.74) is 0.793. The molecule has 2 rings (SSSR count). The number of carbonyl (C=O) groups is 1. The molecular formula is C12H17N3O. The molecule has 0 saturated heterocycles. The summed E-state index contributed by atoms with van der Waals surface area (Å²) in [6, 6.07) is 0. The smallest absolute Gasteiger partial charge is 0.227 e. The van der Waals surface area contributed by atoms with Crippen LogP contribution in [0.4, 0.5) is 5.69 Å². The van der Waals surface area contributed by atoms with Crippen molar-refractivity contribution in [3.63, 3.8) is 0 Å². The molecule has 1 aromatic heterocycles. The molecule has 1 N–H and O–H groups in total. The maximum absolute atomic E-state index is 11.9. The Bertz CT molecular complexity index is 395. The maximum atomic E-state index is 11.9. The second kappa shape index (κ2) is 4.96. The fraction of sp³-hybridized carbons (Fsp3) is 0.500. The van der Waals surface area contributed by atoms with Crippen LogP contribution < -0.4 is 5.32 Å². The lowest BCUT2D eigenvalue weighted by atomic mass is 9.94. The molecule has 4 heteroatoms. The zero-order valence-corrected chi connectivity index (χ0v) is 9.52. The lowest BCUT2D eigenvalue weighted by Crippen LogP contribution is -2.23. The standard InChI is InChI=1S/C12H17N3O/c1-2-15-9-11(8-13-15)14-12(16)10-6-4-3-5-7-10/h3-4,8-10H,2,5-7H2,1H3,(H,14,16). The van der Waals surface area contributed by atoms with Crippen molar-refractivity contribution in [1.82, 2.24) is 9.78 Å². The normalized spacial score (nSPS) is 19.7. The molecule has 0 saturated carbocycles. The number of carbonyl (C=O) groups excluding carboxylic acids is 1. The molecule has 1 unspecified atom stereocenters. The largest absolute Gasteiger partial charge is 0.323 e. The molecule has 1 amide bonds. The highest BCUT2D eigenvalue weighted by molar-refractivity contribution is 5.92. The summed E-state index contributed by atoms with van der Waals surface area (Å²) in [6.45, 7) is 2.84. The molecule has 1 aromatic rings. The summed E-state index contributed by atoms with van der Waals surface area (Å²) in [7, 11) is 0. The Morgan fingerprint density at radius 2 is 2.50 bits per heavy atom. The Labute approximate surface area is 95.3 Å². The predicted octanol–water partition coefficient (Wildman–Crippen LogP) is 2.20. The highest BCUT2D eigenvalue weighted by atomic mass is 16.1. The van der Waals surface area contributed by atoms with Gasteiger partial charge in [-0.05, 0) is 26.2 Å². The molecule has 0 spiro atoms. The Morgan fingerprint density at radius 1 is 1.62 bits per heavy atom. The van der Waals surface area contributed by atoms with Gasteiger partial charge in [-0.1, -0.05) is 12.2 Å². The molecule has 0 aliphatic heterocycles. The van der Waals surface area contributed by atoms with Gasteiger partial charge in [0.05, 0.1) is 11.9 Å². The van der Waals surface area contributed by atoms with Crippen molar-refractivity contribution in [2.24, 2.45) is 5.92 Å². The first kappa shape index (κ1) is 10.9. The summed E-state index contributed by atoms with van der Waals surface area (Å²) in [5.74, 6) is 0.231. The van der Waals surface area contributed by atoms with Gasteiger partial charge in [-0.3, -0.25) is 9.48 Å². The number of aromatic nitrogens is 2. The number of allylic oxidation sites excluding steroid dienone is 2. The lowest BCUT2D eigenvalue weighted by molar-refractivity contribution is -0.120. The van der Waals surface area contributed by atoms with Crippen molar-refractivity contribution < 1.29 is 4.79 Å². The number of nitrogens with zero attached hydrogens (tertiary/aromatic N) is 2. The van der Waals surface area contributed by atoms with E-state index >= 15 is 0 Å². The molecule has 0 fully saturated rings. The van der Waals surface area contributed by atoms with Crippen molar-refractivity contribution in [1.29, 1.82) is 0 Å². The Kier molecular flexibility index (Phi) is 3.39. The van der Waals surface area contributed by atoms with E-state index in [0.717, 1.165) is 31.5 Å². The number of hydrogen-bond acceptors (Lipinski definition) is 2. The van der Waals surface area contributed by atoms with E-state index in [0.29, 0.717) is 0 Å². The van der Waals surface area contributed by atoms with Gasteiger partial charge in [0.15, 0.2) is 0 Å². The molecule has 16 heavy (non-hydrogen) atoms. The molecule has 1 aliphatic carbocycles. The van der Waals surface area contributed by atoms with Gasteiger partial charge in [-0.25, -0.2) is 0 Å². The third kappa shape index (κ3) is 2.51.